The van der Waals surface area contributed by atoms with Crippen LogP contribution in [-0.4, -0.2) is 33.6 Å². The summed E-state index contributed by atoms with van der Waals surface area (Å²) in [6.45, 7) is 4.42. The fourth-order valence-electron chi connectivity index (χ4n) is 2.73. The van der Waals surface area contributed by atoms with Gasteiger partial charge in [0.2, 0.25) is 0 Å². The summed E-state index contributed by atoms with van der Waals surface area (Å²) in [4.78, 5) is 4.84. The number of benzene rings is 1. The molecule has 0 bridgehead atoms. The van der Waals surface area contributed by atoms with E-state index < -0.39 is 0 Å². The summed E-state index contributed by atoms with van der Waals surface area (Å²) in [5.41, 5.74) is 2.41. The third-order valence-corrected chi connectivity index (χ3v) is 4.74. The van der Waals surface area contributed by atoms with E-state index in [0.29, 0.717) is 6.04 Å². The number of hydrogen-bond acceptors (Lipinski definition) is 3. The summed E-state index contributed by atoms with van der Waals surface area (Å²) in [7, 11) is 0. The van der Waals surface area contributed by atoms with Crippen molar-refractivity contribution in [2.24, 2.45) is 0 Å². The maximum atomic E-state index is 4.84. The second-order valence-electron chi connectivity index (χ2n) is 5.10. The fourth-order valence-corrected chi connectivity index (χ4v) is 3.67. The Morgan fingerprint density at radius 2 is 2.32 bits per heavy atom. The number of imidazole rings is 1. The molecule has 3 nitrogen and oxygen atoms in total. The molecular weight excluding hydrogens is 254 g/mol. The van der Waals surface area contributed by atoms with Crippen LogP contribution in [-0.2, 0) is 13.0 Å². The Balaban J connectivity index is 1.90. The van der Waals surface area contributed by atoms with Crippen LogP contribution in [0, 0.1) is 0 Å². The van der Waals surface area contributed by atoms with Crippen LogP contribution in [0.2, 0.25) is 0 Å². The van der Waals surface area contributed by atoms with E-state index in [-0.39, 0.29) is 0 Å². The monoisotopic (exact) mass is 275 g/mol. The smallest absolute Gasteiger partial charge is 0.111 e. The van der Waals surface area contributed by atoms with Gasteiger partial charge < -0.3 is 9.88 Å². The summed E-state index contributed by atoms with van der Waals surface area (Å²) < 4.78 is 2.40. The van der Waals surface area contributed by atoms with Crippen molar-refractivity contribution in [3.05, 3.63) is 30.1 Å². The molecule has 19 heavy (non-hydrogen) atoms. The highest BCUT2D eigenvalue weighted by Gasteiger charge is 2.17. The minimum Gasteiger partial charge on any atom is -0.328 e. The van der Waals surface area contributed by atoms with Crippen molar-refractivity contribution in [3.63, 3.8) is 0 Å². The molecule has 1 aliphatic heterocycles. The predicted octanol–water partition coefficient (Wildman–Crippen LogP) is 2.69. The molecule has 2 heterocycles. The summed E-state index contributed by atoms with van der Waals surface area (Å²) >= 11 is 2.05. The predicted molar refractivity (Wildman–Crippen MR) is 82.8 cm³/mol. The van der Waals surface area contributed by atoms with E-state index in [1.54, 1.807) is 0 Å². The first-order valence-corrected chi connectivity index (χ1v) is 8.29. The van der Waals surface area contributed by atoms with Crippen molar-refractivity contribution in [2.45, 2.75) is 32.4 Å². The van der Waals surface area contributed by atoms with Gasteiger partial charge in [-0.2, -0.15) is 11.8 Å². The molecule has 1 fully saturated rings. The van der Waals surface area contributed by atoms with Crippen molar-refractivity contribution in [3.8, 4) is 0 Å². The molecule has 1 saturated heterocycles. The molecule has 1 atom stereocenters. The second kappa shape index (κ2) is 5.97. The summed E-state index contributed by atoms with van der Waals surface area (Å²) in [6.07, 6.45) is 2.20. The molecule has 1 N–H and O–H groups in total. The molecule has 0 saturated carbocycles. The van der Waals surface area contributed by atoms with Crippen molar-refractivity contribution in [1.82, 2.24) is 14.9 Å². The zero-order chi connectivity index (χ0) is 13.1. The number of para-hydroxylation sites is 2. The van der Waals surface area contributed by atoms with Gasteiger partial charge >= 0.3 is 0 Å². The van der Waals surface area contributed by atoms with Crippen molar-refractivity contribution in [1.29, 1.82) is 0 Å². The van der Waals surface area contributed by atoms with Crippen LogP contribution in [0.3, 0.4) is 0 Å². The number of aromatic nitrogens is 2. The fraction of sp³-hybridized carbons (Fsp3) is 0.533. The first kappa shape index (κ1) is 13.0. The van der Waals surface area contributed by atoms with Crippen LogP contribution < -0.4 is 5.32 Å². The van der Waals surface area contributed by atoms with Gasteiger partial charge in [0.15, 0.2) is 0 Å². The molecule has 1 unspecified atom stereocenters. The highest BCUT2D eigenvalue weighted by molar-refractivity contribution is 7.99. The van der Waals surface area contributed by atoms with Gasteiger partial charge in [0, 0.05) is 37.1 Å². The number of aryl methyl sites for hydroxylation is 1. The van der Waals surface area contributed by atoms with Gasteiger partial charge in [-0.05, 0) is 18.6 Å². The highest BCUT2D eigenvalue weighted by atomic mass is 32.2. The molecule has 4 heteroatoms. The zero-order valence-corrected chi connectivity index (χ0v) is 12.2. The molecular formula is C15H21N3S. The van der Waals surface area contributed by atoms with E-state index >= 15 is 0 Å². The van der Waals surface area contributed by atoms with Crippen LogP contribution in [0.15, 0.2) is 24.3 Å². The number of fused-ring (bicyclic) bond motifs is 1. The summed E-state index contributed by atoms with van der Waals surface area (Å²) in [5.74, 6) is 3.68. The third kappa shape index (κ3) is 2.79. The first-order chi connectivity index (χ1) is 9.38. The van der Waals surface area contributed by atoms with Gasteiger partial charge in [0.1, 0.15) is 5.82 Å². The molecule has 0 spiro atoms. The molecule has 0 amide bonds. The SMILES string of the molecule is CCCn1c(CC2CSCCN2)nc2ccccc21. The molecule has 1 aromatic heterocycles. The van der Waals surface area contributed by atoms with Crippen molar-refractivity contribution < 1.29 is 0 Å². The van der Waals surface area contributed by atoms with Crippen molar-refractivity contribution >= 4 is 22.8 Å². The molecule has 1 aromatic carbocycles. The van der Waals surface area contributed by atoms with E-state index in [1.807, 2.05) is 11.8 Å². The zero-order valence-electron chi connectivity index (χ0n) is 11.4. The summed E-state index contributed by atoms with van der Waals surface area (Å²) in [6, 6.07) is 9.06. The summed E-state index contributed by atoms with van der Waals surface area (Å²) in [5, 5.41) is 3.61. The molecule has 0 aliphatic carbocycles. The minimum absolute atomic E-state index is 0.575. The Kier molecular flexibility index (Phi) is 4.09. The molecule has 1 aliphatic rings. The third-order valence-electron chi connectivity index (χ3n) is 3.61. The lowest BCUT2D eigenvalue weighted by atomic mass is 10.2. The normalized spacial score (nSPS) is 19.9. The van der Waals surface area contributed by atoms with Gasteiger partial charge in [-0.3, -0.25) is 0 Å². The van der Waals surface area contributed by atoms with Gasteiger partial charge in [-0.1, -0.05) is 19.1 Å². The minimum atomic E-state index is 0.575. The van der Waals surface area contributed by atoms with Crippen LogP contribution in [0.4, 0.5) is 0 Å². The van der Waals surface area contributed by atoms with Crippen molar-refractivity contribution in [2.75, 3.05) is 18.1 Å². The lowest BCUT2D eigenvalue weighted by molar-refractivity contribution is 0.531. The van der Waals surface area contributed by atoms with Crippen LogP contribution in [0.25, 0.3) is 11.0 Å². The first-order valence-electron chi connectivity index (χ1n) is 7.13. The Morgan fingerprint density at radius 3 is 3.11 bits per heavy atom. The van der Waals surface area contributed by atoms with E-state index in [9.17, 15) is 0 Å². The van der Waals surface area contributed by atoms with Gasteiger partial charge in [-0.15, -0.1) is 0 Å². The van der Waals surface area contributed by atoms with Crippen LogP contribution >= 0.6 is 11.8 Å². The number of nitrogens with zero attached hydrogens (tertiary/aromatic N) is 2. The number of thioether (sulfide) groups is 1. The largest absolute Gasteiger partial charge is 0.328 e. The topological polar surface area (TPSA) is 29.9 Å². The maximum absolute atomic E-state index is 4.84. The van der Waals surface area contributed by atoms with E-state index in [4.69, 9.17) is 4.98 Å². The second-order valence-corrected chi connectivity index (χ2v) is 6.25. The standard InChI is InChI=1S/C15H21N3S/c1-2-8-18-14-6-4-3-5-13(14)17-15(18)10-12-11-19-9-7-16-12/h3-6,12,16H,2,7-11H2,1H3. The lowest BCUT2D eigenvalue weighted by Gasteiger charge is -2.23. The molecule has 0 radical (unpaired) electrons. The average Bonchev–Trinajstić information content (AvgIpc) is 2.79. The van der Waals surface area contributed by atoms with E-state index in [0.717, 1.165) is 31.4 Å². The Labute approximate surface area is 118 Å². The number of nitrogens with one attached hydrogen (secondary N) is 1. The highest BCUT2D eigenvalue weighted by Crippen LogP contribution is 2.19. The van der Waals surface area contributed by atoms with Crippen LogP contribution in [0.1, 0.15) is 19.2 Å². The van der Waals surface area contributed by atoms with E-state index in [2.05, 4.69) is 41.1 Å². The molecule has 3 rings (SSSR count). The average molecular weight is 275 g/mol. The van der Waals surface area contributed by atoms with Crippen LogP contribution in [0.5, 0.6) is 0 Å². The van der Waals surface area contributed by atoms with Gasteiger partial charge in [-0.25, -0.2) is 4.98 Å². The Bertz CT molecular complexity index is 543. The quantitative estimate of drug-likeness (QED) is 0.930. The number of rotatable bonds is 4. The Morgan fingerprint density at radius 1 is 1.42 bits per heavy atom. The van der Waals surface area contributed by atoms with Gasteiger partial charge in [0.25, 0.3) is 0 Å². The molecule has 2 aromatic rings. The number of hydrogen-bond donors (Lipinski definition) is 1. The molecule has 102 valence electrons. The van der Waals surface area contributed by atoms with Gasteiger partial charge in [0.05, 0.1) is 11.0 Å². The maximum Gasteiger partial charge on any atom is 0.111 e. The Hall–Kier alpha value is -1.00. The lowest BCUT2D eigenvalue weighted by Crippen LogP contribution is -2.39. The van der Waals surface area contributed by atoms with E-state index in [1.165, 1.54) is 22.8 Å².